The summed E-state index contributed by atoms with van der Waals surface area (Å²) in [7, 11) is 0. The van der Waals surface area contributed by atoms with Crippen LogP contribution in [0.1, 0.15) is 6.42 Å². The first-order valence-corrected chi connectivity index (χ1v) is 8.91. The number of nitriles is 1. The SMILES string of the molecule is N#CCCn1cc(-c2csc(-c3ccccc3N)n2)c2ccccc21. The van der Waals surface area contributed by atoms with Gasteiger partial charge in [-0.05, 0) is 18.2 Å². The second kappa shape index (κ2) is 6.42. The summed E-state index contributed by atoms with van der Waals surface area (Å²) in [5.41, 5.74) is 10.9. The molecule has 122 valence electrons. The van der Waals surface area contributed by atoms with Crippen molar-refractivity contribution in [1.29, 1.82) is 5.26 Å². The van der Waals surface area contributed by atoms with E-state index in [0.29, 0.717) is 13.0 Å². The zero-order valence-corrected chi connectivity index (χ0v) is 14.3. The Morgan fingerprint density at radius 3 is 2.72 bits per heavy atom. The highest BCUT2D eigenvalue weighted by Crippen LogP contribution is 2.35. The summed E-state index contributed by atoms with van der Waals surface area (Å²) < 4.78 is 2.13. The Bertz CT molecular complexity index is 1080. The molecule has 4 aromatic rings. The predicted octanol–water partition coefficient (Wildman–Crippen LogP) is 4.93. The maximum Gasteiger partial charge on any atom is 0.126 e. The second-order valence-electron chi connectivity index (χ2n) is 5.79. The van der Waals surface area contributed by atoms with E-state index in [1.54, 1.807) is 11.3 Å². The minimum Gasteiger partial charge on any atom is -0.398 e. The third kappa shape index (κ3) is 2.77. The second-order valence-corrected chi connectivity index (χ2v) is 6.64. The molecule has 5 heteroatoms. The van der Waals surface area contributed by atoms with E-state index in [9.17, 15) is 0 Å². The summed E-state index contributed by atoms with van der Waals surface area (Å²) >= 11 is 1.59. The van der Waals surface area contributed by atoms with Crippen LogP contribution in [0.25, 0.3) is 32.7 Å². The average Bonchev–Trinajstić information content (AvgIpc) is 3.25. The molecule has 0 amide bonds. The van der Waals surface area contributed by atoms with Crippen LogP contribution in [0, 0.1) is 11.3 Å². The van der Waals surface area contributed by atoms with Gasteiger partial charge >= 0.3 is 0 Å². The number of benzene rings is 2. The monoisotopic (exact) mass is 344 g/mol. The number of hydrogen-bond acceptors (Lipinski definition) is 4. The van der Waals surface area contributed by atoms with Gasteiger partial charge in [0.15, 0.2) is 0 Å². The van der Waals surface area contributed by atoms with Crippen molar-refractivity contribution in [2.24, 2.45) is 0 Å². The molecule has 0 aliphatic heterocycles. The molecule has 2 aromatic heterocycles. The maximum atomic E-state index is 8.89. The molecule has 0 unspecified atom stereocenters. The highest BCUT2D eigenvalue weighted by Gasteiger charge is 2.14. The van der Waals surface area contributed by atoms with Crippen molar-refractivity contribution >= 4 is 27.9 Å². The number of nitrogens with two attached hydrogens (primary N) is 1. The zero-order chi connectivity index (χ0) is 17.2. The van der Waals surface area contributed by atoms with E-state index in [-0.39, 0.29) is 0 Å². The van der Waals surface area contributed by atoms with Crippen LogP contribution < -0.4 is 5.73 Å². The van der Waals surface area contributed by atoms with Crippen LogP contribution in [-0.4, -0.2) is 9.55 Å². The van der Waals surface area contributed by atoms with E-state index in [1.807, 2.05) is 36.4 Å². The standard InChI is InChI=1S/C20H16N4S/c21-10-5-11-24-12-16(14-6-2-4-9-19(14)24)18-13-25-20(23-18)15-7-1-3-8-17(15)22/h1-4,6-9,12-13H,5,11,22H2. The molecule has 2 N–H and O–H groups in total. The number of para-hydroxylation sites is 2. The Morgan fingerprint density at radius 2 is 1.88 bits per heavy atom. The molecule has 0 aliphatic rings. The number of aryl methyl sites for hydroxylation is 1. The summed E-state index contributed by atoms with van der Waals surface area (Å²) in [6, 6.07) is 18.2. The molecule has 25 heavy (non-hydrogen) atoms. The Kier molecular flexibility index (Phi) is 3.96. The number of nitrogen functional groups attached to an aromatic ring is 1. The third-order valence-corrected chi connectivity index (χ3v) is 5.10. The fourth-order valence-electron chi connectivity index (χ4n) is 3.02. The van der Waals surface area contributed by atoms with Gasteiger partial charge in [-0.1, -0.05) is 30.3 Å². The summed E-state index contributed by atoms with van der Waals surface area (Å²) in [4.78, 5) is 4.82. The van der Waals surface area contributed by atoms with Gasteiger partial charge in [0.25, 0.3) is 0 Å². The van der Waals surface area contributed by atoms with Gasteiger partial charge in [-0.25, -0.2) is 4.98 Å². The zero-order valence-electron chi connectivity index (χ0n) is 13.5. The Balaban J connectivity index is 1.81. The van der Waals surface area contributed by atoms with Crippen molar-refractivity contribution in [3.05, 3.63) is 60.1 Å². The largest absolute Gasteiger partial charge is 0.398 e. The summed E-state index contributed by atoms with van der Waals surface area (Å²) in [6.07, 6.45) is 2.58. The van der Waals surface area contributed by atoms with Gasteiger partial charge in [0.1, 0.15) is 5.01 Å². The third-order valence-electron chi connectivity index (χ3n) is 4.22. The molecule has 0 radical (unpaired) electrons. The number of anilines is 1. The minimum atomic E-state index is 0.487. The predicted molar refractivity (Wildman–Crippen MR) is 103 cm³/mol. The molecule has 4 rings (SSSR count). The van der Waals surface area contributed by atoms with E-state index < -0.39 is 0 Å². The lowest BCUT2D eigenvalue weighted by molar-refractivity contribution is 0.745. The minimum absolute atomic E-state index is 0.487. The number of rotatable bonds is 4. The van der Waals surface area contributed by atoms with Gasteiger partial charge in [-0.2, -0.15) is 5.26 Å². The summed E-state index contributed by atoms with van der Waals surface area (Å²) in [5.74, 6) is 0. The molecule has 2 aromatic carbocycles. The van der Waals surface area contributed by atoms with Crippen molar-refractivity contribution in [2.75, 3.05) is 5.73 Å². The molecule has 0 spiro atoms. The Labute approximate surface area is 149 Å². The summed E-state index contributed by atoms with van der Waals surface area (Å²) in [5, 5.41) is 13.0. The van der Waals surface area contributed by atoms with Crippen LogP contribution in [0.5, 0.6) is 0 Å². The molecule has 0 bridgehead atoms. The number of hydrogen-bond donors (Lipinski definition) is 1. The topological polar surface area (TPSA) is 67.6 Å². The van der Waals surface area contributed by atoms with Crippen molar-refractivity contribution in [3.63, 3.8) is 0 Å². The van der Waals surface area contributed by atoms with Gasteiger partial charge in [-0.3, -0.25) is 0 Å². The molecule has 0 saturated heterocycles. The van der Waals surface area contributed by atoms with Crippen LogP contribution >= 0.6 is 11.3 Å². The fraction of sp³-hybridized carbons (Fsp3) is 0.100. The van der Waals surface area contributed by atoms with E-state index in [1.165, 1.54) is 0 Å². The average molecular weight is 344 g/mol. The van der Waals surface area contributed by atoms with Gasteiger partial charge in [0, 0.05) is 45.8 Å². The van der Waals surface area contributed by atoms with E-state index >= 15 is 0 Å². The molecule has 0 saturated carbocycles. The molecule has 0 fully saturated rings. The van der Waals surface area contributed by atoms with Crippen molar-refractivity contribution < 1.29 is 0 Å². The van der Waals surface area contributed by atoms with Crippen molar-refractivity contribution in [1.82, 2.24) is 9.55 Å². The first-order valence-electron chi connectivity index (χ1n) is 8.03. The first-order chi connectivity index (χ1) is 12.3. The first kappa shape index (κ1) is 15.4. The smallest absolute Gasteiger partial charge is 0.126 e. The van der Waals surface area contributed by atoms with E-state index in [4.69, 9.17) is 16.0 Å². The Hall–Kier alpha value is -3.10. The highest BCUT2D eigenvalue weighted by molar-refractivity contribution is 7.13. The summed E-state index contributed by atoms with van der Waals surface area (Å²) in [6.45, 7) is 0.680. The molecule has 2 heterocycles. The molecular weight excluding hydrogens is 328 g/mol. The van der Waals surface area contributed by atoms with Crippen LogP contribution in [0.4, 0.5) is 5.69 Å². The van der Waals surface area contributed by atoms with Crippen LogP contribution in [-0.2, 0) is 6.54 Å². The van der Waals surface area contributed by atoms with Crippen LogP contribution in [0.15, 0.2) is 60.1 Å². The van der Waals surface area contributed by atoms with Gasteiger partial charge in [0.05, 0.1) is 18.2 Å². The molecule has 4 nitrogen and oxygen atoms in total. The normalized spacial score (nSPS) is 10.8. The maximum absolute atomic E-state index is 8.89. The quantitative estimate of drug-likeness (QED) is 0.534. The molecular formula is C20H16N4S. The van der Waals surface area contributed by atoms with Gasteiger partial charge in [0.2, 0.25) is 0 Å². The highest BCUT2D eigenvalue weighted by atomic mass is 32.1. The lowest BCUT2D eigenvalue weighted by Crippen LogP contribution is -1.94. The fourth-order valence-corrected chi connectivity index (χ4v) is 3.89. The number of nitrogens with zero attached hydrogens (tertiary/aromatic N) is 3. The Morgan fingerprint density at radius 1 is 1.08 bits per heavy atom. The number of fused-ring (bicyclic) bond motifs is 1. The molecule has 0 atom stereocenters. The number of thiazole rings is 1. The lowest BCUT2D eigenvalue weighted by atomic mass is 10.1. The lowest BCUT2D eigenvalue weighted by Gasteiger charge is -2.00. The number of aromatic nitrogens is 2. The van der Waals surface area contributed by atoms with Gasteiger partial charge in [-0.15, -0.1) is 11.3 Å². The van der Waals surface area contributed by atoms with Crippen LogP contribution in [0.2, 0.25) is 0 Å². The van der Waals surface area contributed by atoms with Crippen LogP contribution in [0.3, 0.4) is 0 Å². The van der Waals surface area contributed by atoms with E-state index in [2.05, 4.69) is 34.3 Å². The van der Waals surface area contributed by atoms with E-state index in [0.717, 1.165) is 38.4 Å². The molecule has 0 aliphatic carbocycles. The van der Waals surface area contributed by atoms with Crippen molar-refractivity contribution in [2.45, 2.75) is 13.0 Å². The van der Waals surface area contributed by atoms with Crippen molar-refractivity contribution in [3.8, 4) is 27.9 Å². The van der Waals surface area contributed by atoms with Gasteiger partial charge < -0.3 is 10.3 Å².